The van der Waals surface area contributed by atoms with Crippen LogP contribution in [0, 0.1) is 0 Å². The standard InChI is InChI=1S/C17H23N5OS/c1-11(2)17-19-14(10-24-17)12(3)18-16(23)13-6-7-15(21-20-13)22-8-4-5-9-22/h6-7,10-12H,4-5,8-9H2,1-3H3,(H,18,23). The topological polar surface area (TPSA) is 71.0 Å². The third-order valence-electron chi connectivity index (χ3n) is 4.14. The average molecular weight is 345 g/mol. The molecule has 1 atom stereocenters. The molecule has 0 bridgehead atoms. The highest BCUT2D eigenvalue weighted by Gasteiger charge is 2.18. The normalized spacial score (nSPS) is 15.8. The van der Waals surface area contributed by atoms with Crippen molar-refractivity contribution >= 4 is 23.1 Å². The van der Waals surface area contributed by atoms with E-state index in [0.29, 0.717) is 11.6 Å². The van der Waals surface area contributed by atoms with Gasteiger partial charge in [-0.1, -0.05) is 13.8 Å². The minimum atomic E-state index is -0.220. The molecular weight excluding hydrogens is 322 g/mol. The van der Waals surface area contributed by atoms with Gasteiger partial charge in [0.25, 0.3) is 5.91 Å². The Morgan fingerprint density at radius 1 is 1.21 bits per heavy atom. The quantitative estimate of drug-likeness (QED) is 0.901. The highest BCUT2D eigenvalue weighted by atomic mass is 32.1. The number of amides is 1. The molecule has 7 heteroatoms. The van der Waals surface area contributed by atoms with Gasteiger partial charge in [0.15, 0.2) is 11.5 Å². The second-order valence-electron chi connectivity index (χ2n) is 6.43. The molecule has 0 spiro atoms. The molecule has 3 rings (SSSR count). The first-order chi connectivity index (χ1) is 11.5. The largest absolute Gasteiger partial charge is 0.355 e. The van der Waals surface area contributed by atoms with Crippen molar-refractivity contribution in [1.82, 2.24) is 20.5 Å². The summed E-state index contributed by atoms with van der Waals surface area (Å²) in [6, 6.07) is 3.46. The van der Waals surface area contributed by atoms with Crippen molar-refractivity contribution in [2.45, 2.75) is 45.6 Å². The van der Waals surface area contributed by atoms with Gasteiger partial charge in [0.1, 0.15) is 0 Å². The van der Waals surface area contributed by atoms with Crippen LogP contribution < -0.4 is 10.2 Å². The molecule has 1 aliphatic heterocycles. The molecule has 1 unspecified atom stereocenters. The molecule has 2 aromatic heterocycles. The van der Waals surface area contributed by atoms with E-state index in [1.54, 1.807) is 17.4 Å². The van der Waals surface area contributed by atoms with Gasteiger partial charge >= 0.3 is 0 Å². The average Bonchev–Trinajstić information content (AvgIpc) is 3.26. The molecule has 2 aromatic rings. The minimum Gasteiger partial charge on any atom is -0.355 e. The third-order valence-corrected chi connectivity index (χ3v) is 5.30. The van der Waals surface area contributed by atoms with Gasteiger partial charge in [-0.25, -0.2) is 4.98 Å². The van der Waals surface area contributed by atoms with Crippen molar-refractivity contribution in [2.75, 3.05) is 18.0 Å². The van der Waals surface area contributed by atoms with Gasteiger partial charge in [-0.2, -0.15) is 0 Å². The zero-order valence-electron chi connectivity index (χ0n) is 14.3. The first kappa shape index (κ1) is 16.8. The first-order valence-corrected chi connectivity index (χ1v) is 9.27. The summed E-state index contributed by atoms with van der Waals surface area (Å²) in [6.45, 7) is 8.19. The second kappa shape index (κ2) is 7.25. The van der Waals surface area contributed by atoms with E-state index in [2.05, 4.69) is 39.2 Å². The Morgan fingerprint density at radius 2 is 1.96 bits per heavy atom. The van der Waals surface area contributed by atoms with E-state index in [-0.39, 0.29) is 11.9 Å². The summed E-state index contributed by atoms with van der Waals surface area (Å²) in [6.07, 6.45) is 2.38. The van der Waals surface area contributed by atoms with Crippen molar-refractivity contribution in [3.8, 4) is 0 Å². The number of carbonyl (C=O) groups is 1. The van der Waals surface area contributed by atoms with Crippen LogP contribution in [0.25, 0.3) is 0 Å². The predicted octanol–water partition coefficient (Wildman–Crippen LogP) is 3.15. The molecule has 0 aromatic carbocycles. The van der Waals surface area contributed by atoms with Crippen molar-refractivity contribution in [1.29, 1.82) is 0 Å². The predicted molar refractivity (Wildman–Crippen MR) is 95.6 cm³/mol. The van der Waals surface area contributed by atoms with Crippen LogP contribution >= 0.6 is 11.3 Å². The lowest BCUT2D eigenvalue weighted by molar-refractivity contribution is 0.0933. The summed E-state index contributed by atoms with van der Waals surface area (Å²) in [5.41, 5.74) is 1.22. The minimum absolute atomic E-state index is 0.152. The summed E-state index contributed by atoms with van der Waals surface area (Å²) in [5.74, 6) is 1.02. The Balaban J connectivity index is 1.63. The lowest BCUT2D eigenvalue weighted by Gasteiger charge is -2.15. The Kier molecular flexibility index (Phi) is 5.08. The lowest BCUT2D eigenvalue weighted by Crippen LogP contribution is -2.28. The van der Waals surface area contributed by atoms with Gasteiger partial charge in [0.05, 0.1) is 16.7 Å². The molecule has 0 radical (unpaired) electrons. The van der Waals surface area contributed by atoms with Crippen LogP contribution in [0.4, 0.5) is 5.82 Å². The Bertz CT molecular complexity index is 691. The van der Waals surface area contributed by atoms with Gasteiger partial charge in [-0.3, -0.25) is 4.79 Å². The number of rotatable bonds is 5. The number of aromatic nitrogens is 3. The Labute approximate surface area is 146 Å². The number of hydrogen-bond donors (Lipinski definition) is 1. The number of carbonyl (C=O) groups excluding carboxylic acids is 1. The van der Waals surface area contributed by atoms with Gasteiger partial charge in [0, 0.05) is 24.4 Å². The molecular formula is C17H23N5OS. The maximum atomic E-state index is 12.4. The molecule has 1 aliphatic rings. The molecule has 1 N–H and O–H groups in total. The number of anilines is 1. The van der Waals surface area contributed by atoms with E-state index < -0.39 is 0 Å². The number of thiazole rings is 1. The molecule has 1 amide bonds. The van der Waals surface area contributed by atoms with Crippen LogP contribution in [0.15, 0.2) is 17.5 Å². The van der Waals surface area contributed by atoms with Gasteiger partial charge < -0.3 is 10.2 Å². The SMILES string of the molecule is CC(C)c1nc(C(C)NC(=O)c2ccc(N3CCCC3)nn2)cs1. The third kappa shape index (κ3) is 3.72. The summed E-state index contributed by atoms with van der Waals surface area (Å²) >= 11 is 1.63. The maximum Gasteiger partial charge on any atom is 0.272 e. The summed E-state index contributed by atoms with van der Waals surface area (Å²) in [7, 11) is 0. The van der Waals surface area contributed by atoms with Crippen molar-refractivity contribution in [2.24, 2.45) is 0 Å². The fraction of sp³-hybridized carbons (Fsp3) is 0.529. The van der Waals surface area contributed by atoms with E-state index in [1.165, 1.54) is 12.8 Å². The molecule has 6 nitrogen and oxygen atoms in total. The van der Waals surface area contributed by atoms with Crippen LogP contribution in [0.5, 0.6) is 0 Å². The van der Waals surface area contributed by atoms with Crippen LogP contribution in [0.2, 0.25) is 0 Å². The molecule has 1 saturated heterocycles. The lowest BCUT2D eigenvalue weighted by atomic mass is 10.2. The Hall–Kier alpha value is -2.02. The zero-order valence-corrected chi connectivity index (χ0v) is 15.1. The van der Waals surface area contributed by atoms with Crippen LogP contribution in [-0.4, -0.2) is 34.2 Å². The molecule has 0 aliphatic carbocycles. The maximum absolute atomic E-state index is 12.4. The molecule has 3 heterocycles. The van der Waals surface area contributed by atoms with Gasteiger partial charge in [-0.05, 0) is 31.9 Å². The zero-order chi connectivity index (χ0) is 17.1. The van der Waals surface area contributed by atoms with Crippen molar-refractivity contribution < 1.29 is 4.79 Å². The van der Waals surface area contributed by atoms with E-state index >= 15 is 0 Å². The van der Waals surface area contributed by atoms with E-state index in [0.717, 1.165) is 29.6 Å². The van der Waals surface area contributed by atoms with Crippen LogP contribution in [0.3, 0.4) is 0 Å². The number of hydrogen-bond acceptors (Lipinski definition) is 6. The number of nitrogens with zero attached hydrogens (tertiary/aromatic N) is 4. The smallest absolute Gasteiger partial charge is 0.272 e. The first-order valence-electron chi connectivity index (χ1n) is 8.39. The van der Waals surface area contributed by atoms with Crippen molar-refractivity contribution in [3.63, 3.8) is 0 Å². The highest BCUT2D eigenvalue weighted by molar-refractivity contribution is 7.09. The summed E-state index contributed by atoms with van der Waals surface area (Å²) in [4.78, 5) is 19.1. The highest BCUT2D eigenvalue weighted by Crippen LogP contribution is 2.23. The molecule has 1 fully saturated rings. The Morgan fingerprint density at radius 3 is 2.54 bits per heavy atom. The van der Waals surface area contributed by atoms with Gasteiger partial charge in [-0.15, -0.1) is 21.5 Å². The fourth-order valence-electron chi connectivity index (χ4n) is 2.67. The van der Waals surface area contributed by atoms with Crippen LogP contribution in [-0.2, 0) is 0 Å². The van der Waals surface area contributed by atoms with Crippen molar-refractivity contribution in [3.05, 3.63) is 33.9 Å². The van der Waals surface area contributed by atoms with Crippen LogP contribution in [0.1, 0.15) is 66.8 Å². The fourth-order valence-corrected chi connectivity index (χ4v) is 3.60. The monoisotopic (exact) mass is 345 g/mol. The van der Waals surface area contributed by atoms with Gasteiger partial charge in [0.2, 0.25) is 0 Å². The second-order valence-corrected chi connectivity index (χ2v) is 7.32. The molecule has 0 saturated carbocycles. The molecule has 128 valence electrons. The summed E-state index contributed by atoms with van der Waals surface area (Å²) in [5, 5.41) is 14.3. The summed E-state index contributed by atoms with van der Waals surface area (Å²) < 4.78 is 0. The van der Waals surface area contributed by atoms with E-state index in [9.17, 15) is 4.79 Å². The number of nitrogens with one attached hydrogen (secondary N) is 1. The molecule has 24 heavy (non-hydrogen) atoms. The van der Waals surface area contributed by atoms with E-state index in [4.69, 9.17) is 0 Å². The van der Waals surface area contributed by atoms with E-state index in [1.807, 2.05) is 18.4 Å².